The van der Waals surface area contributed by atoms with E-state index in [1.165, 1.54) is 0 Å². The molecule has 0 saturated carbocycles. The Balaban J connectivity index is 1.29. The first-order valence-electron chi connectivity index (χ1n) is 13.0. The van der Waals surface area contributed by atoms with Gasteiger partial charge in [-0.1, -0.05) is 60.7 Å². The molecule has 0 radical (unpaired) electrons. The molecule has 0 aliphatic carbocycles. The van der Waals surface area contributed by atoms with Crippen molar-refractivity contribution in [2.75, 3.05) is 24.5 Å². The summed E-state index contributed by atoms with van der Waals surface area (Å²) in [5.41, 5.74) is 8.68. The Hall–Kier alpha value is -3.75. The molecule has 0 unspecified atom stereocenters. The van der Waals surface area contributed by atoms with Gasteiger partial charge in [0.05, 0.1) is 11.0 Å². The number of rotatable bonds is 6. The maximum absolute atomic E-state index is 12.2. The quantitative estimate of drug-likeness (QED) is 0.376. The molecule has 8 nitrogen and oxygen atoms in total. The number of hydrogen-bond donors (Lipinski definition) is 3. The van der Waals surface area contributed by atoms with Gasteiger partial charge in [0.25, 0.3) is 0 Å². The molecule has 2 aliphatic rings. The predicted octanol–water partition coefficient (Wildman–Crippen LogP) is 3.56. The van der Waals surface area contributed by atoms with Crippen LogP contribution in [0.2, 0.25) is 0 Å². The van der Waals surface area contributed by atoms with E-state index in [-0.39, 0.29) is 11.9 Å². The zero-order chi connectivity index (χ0) is 25.4. The zero-order valence-corrected chi connectivity index (χ0v) is 20.8. The highest BCUT2D eigenvalue weighted by Gasteiger charge is 2.35. The molecule has 0 bridgehead atoms. The molecule has 190 valence electrons. The van der Waals surface area contributed by atoms with Gasteiger partial charge in [0, 0.05) is 37.4 Å². The molecule has 1 atom stereocenters. The minimum absolute atomic E-state index is 0.319. The Labute approximate surface area is 216 Å². The number of nitrogens with zero attached hydrogens (tertiary/aromatic N) is 4. The van der Waals surface area contributed by atoms with E-state index < -0.39 is 5.60 Å². The number of benzene rings is 2. The van der Waals surface area contributed by atoms with Crippen molar-refractivity contribution in [3.8, 4) is 11.4 Å². The molecule has 0 spiro atoms. The van der Waals surface area contributed by atoms with Crippen LogP contribution in [0.5, 0.6) is 0 Å². The molecule has 8 heteroatoms. The molecule has 1 amide bonds. The average molecular weight is 497 g/mol. The van der Waals surface area contributed by atoms with Gasteiger partial charge < -0.3 is 20.7 Å². The average Bonchev–Trinajstić information content (AvgIpc) is 3.58. The molecular formula is C29H32N6O2. The second-order valence-corrected chi connectivity index (χ2v) is 10.2. The van der Waals surface area contributed by atoms with Crippen LogP contribution in [0, 0.1) is 0 Å². The predicted molar refractivity (Wildman–Crippen MR) is 144 cm³/mol. The second-order valence-electron chi connectivity index (χ2n) is 10.2. The molecule has 2 aromatic heterocycles. The van der Waals surface area contributed by atoms with Gasteiger partial charge in [-0.15, -0.1) is 0 Å². The highest BCUT2D eigenvalue weighted by molar-refractivity contribution is 5.93. The van der Waals surface area contributed by atoms with Gasteiger partial charge in [-0.05, 0) is 37.3 Å². The van der Waals surface area contributed by atoms with Gasteiger partial charge in [0.1, 0.15) is 17.5 Å². The van der Waals surface area contributed by atoms with Crippen LogP contribution in [0.1, 0.15) is 36.9 Å². The molecule has 4 aromatic rings. The fraction of sp³-hybridized carbons (Fsp3) is 0.345. The molecule has 4 heterocycles. The number of likely N-dealkylation sites (tertiary alicyclic amines) is 1. The summed E-state index contributed by atoms with van der Waals surface area (Å²) in [4.78, 5) is 29.9. The molecule has 6 rings (SSSR count). The second kappa shape index (κ2) is 9.61. The number of H-pyrrole nitrogens is 1. The minimum Gasteiger partial charge on any atom is -0.385 e. The summed E-state index contributed by atoms with van der Waals surface area (Å²) in [6.07, 6.45) is 3.01. The SMILES string of the molecule is NC(=O)[C@H]1CCCN1c1nc(-c2ccccc2)nc2[nH]c(CN3CCC(O)(c4ccccc4)CC3)cc12. The van der Waals surface area contributed by atoms with E-state index in [0.29, 0.717) is 18.7 Å². The lowest BCUT2D eigenvalue weighted by molar-refractivity contribution is -0.119. The summed E-state index contributed by atoms with van der Waals surface area (Å²) in [7, 11) is 0. The van der Waals surface area contributed by atoms with Crippen LogP contribution in [-0.4, -0.2) is 56.5 Å². The van der Waals surface area contributed by atoms with Crippen molar-refractivity contribution in [3.05, 3.63) is 78.0 Å². The fourth-order valence-electron chi connectivity index (χ4n) is 5.74. The molecule has 37 heavy (non-hydrogen) atoms. The maximum Gasteiger partial charge on any atom is 0.240 e. The number of nitrogens with one attached hydrogen (secondary N) is 1. The van der Waals surface area contributed by atoms with Crippen molar-refractivity contribution in [1.29, 1.82) is 0 Å². The number of aromatic amines is 1. The van der Waals surface area contributed by atoms with Gasteiger partial charge in [-0.25, -0.2) is 9.97 Å². The van der Waals surface area contributed by atoms with E-state index in [1.807, 2.05) is 65.6 Å². The fourth-order valence-corrected chi connectivity index (χ4v) is 5.74. The number of carbonyl (C=O) groups is 1. The number of aliphatic hydroxyl groups is 1. The number of nitrogens with two attached hydrogens (primary N) is 1. The van der Waals surface area contributed by atoms with Gasteiger partial charge in [0.2, 0.25) is 5.91 Å². The van der Waals surface area contributed by atoms with E-state index in [9.17, 15) is 9.90 Å². The number of fused-ring (bicyclic) bond motifs is 1. The normalized spacial score (nSPS) is 19.9. The Morgan fingerprint density at radius 3 is 2.43 bits per heavy atom. The number of anilines is 1. The highest BCUT2D eigenvalue weighted by atomic mass is 16.3. The van der Waals surface area contributed by atoms with Gasteiger partial charge in [-0.2, -0.15) is 0 Å². The topological polar surface area (TPSA) is 111 Å². The molecule has 2 aromatic carbocycles. The maximum atomic E-state index is 12.2. The number of carbonyl (C=O) groups excluding carboxylic acids is 1. The minimum atomic E-state index is -0.777. The van der Waals surface area contributed by atoms with Crippen molar-refractivity contribution < 1.29 is 9.90 Å². The van der Waals surface area contributed by atoms with Crippen molar-refractivity contribution >= 4 is 22.8 Å². The smallest absolute Gasteiger partial charge is 0.240 e. The van der Waals surface area contributed by atoms with Crippen molar-refractivity contribution in [1.82, 2.24) is 19.9 Å². The lowest BCUT2D eigenvalue weighted by atomic mass is 9.84. The van der Waals surface area contributed by atoms with Crippen molar-refractivity contribution in [2.45, 2.75) is 43.9 Å². The Kier molecular flexibility index (Phi) is 6.14. The first kappa shape index (κ1) is 23.6. The van der Waals surface area contributed by atoms with Crippen LogP contribution in [-0.2, 0) is 16.9 Å². The zero-order valence-electron chi connectivity index (χ0n) is 20.8. The van der Waals surface area contributed by atoms with E-state index in [1.54, 1.807) is 0 Å². The van der Waals surface area contributed by atoms with Gasteiger partial charge in [0.15, 0.2) is 5.82 Å². The van der Waals surface area contributed by atoms with Crippen LogP contribution in [0.15, 0.2) is 66.7 Å². The van der Waals surface area contributed by atoms with Crippen molar-refractivity contribution in [3.63, 3.8) is 0 Å². The largest absolute Gasteiger partial charge is 0.385 e. The number of primary amides is 1. The highest BCUT2D eigenvalue weighted by Crippen LogP contribution is 2.35. The van der Waals surface area contributed by atoms with E-state index >= 15 is 0 Å². The lowest BCUT2D eigenvalue weighted by Crippen LogP contribution is -2.42. The Bertz CT molecular complexity index is 1400. The Morgan fingerprint density at radius 2 is 1.73 bits per heavy atom. The molecule has 2 saturated heterocycles. The van der Waals surface area contributed by atoms with Crippen LogP contribution in [0.4, 0.5) is 5.82 Å². The van der Waals surface area contributed by atoms with Crippen LogP contribution >= 0.6 is 0 Å². The summed E-state index contributed by atoms with van der Waals surface area (Å²) < 4.78 is 0. The van der Waals surface area contributed by atoms with Crippen molar-refractivity contribution in [2.24, 2.45) is 5.73 Å². The molecule has 2 aliphatic heterocycles. The van der Waals surface area contributed by atoms with Gasteiger partial charge >= 0.3 is 0 Å². The number of hydrogen-bond acceptors (Lipinski definition) is 6. The summed E-state index contributed by atoms with van der Waals surface area (Å²) in [6.45, 7) is 3.05. The van der Waals surface area contributed by atoms with Gasteiger partial charge in [-0.3, -0.25) is 9.69 Å². The molecule has 2 fully saturated rings. The standard InChI is InChI=1S/C29H32N6O2/c30-25(36)24-12-7-15-35(24)28-23-18-22(31-27(23)32-26(33-28)20-8-3-1-4-9-20)19-34-16-13-29(37,14-17-34)21-10-5-2-6-11-21/h1-6,8-11,18,24,37H,7,12-17,19H2,(H2,30,36)(H,31,32,33)/t24-/m1/s1. The number of amides is 1. The third-order valence-corrected chi connectivity index (χ3v) is 7.80. The first-order valence-corrected chi connectivity index (χ1v) is 13.0. The summed E-state index contributed by atoms with van der Waals surface area (Å²) in [5, 5.41) is 12.1. The summed E-state index contributed by atoms with van der Waals surface area (Å²) in [5.74, 6) is 1.06. The number of aromatic nitrogens is 3. The monoisotopic (exact) mass is 496 g/mol. The summed E-state index contributed by atoms with van der Waals surface area (Å²) in [6, 6.07) is 21.6. The third kappa shape index (κ3) is 4.58. The lowest BCUT2D eigenvalue weighted by Gasteiger charge is -2.38. The van der Waals surface area contributed by atoms with E-state index in [2.05, 4.69) is 16.0 Å². The first-order chi connectivity index (χ1) is 18.0. The third-order valence-electron chi connectivity index (χ3n) is 7.80. The molecular weight excluding hydrogens is 464 g/mol. The van der Waals surface area contributed by atoms with Crippen LogP contribution in [0.25, 0.3) is 22.4 Å². The van der Waals surface area contributed by atoms with Crippen LogP contribution < -0.4 is 10.6 Å². The van der Waals surface area contributed by atoms with E-state index in [0.717, 1.165) is 72.7 Å². The van der Waals surface area contributed by atoms with Crippen LogP contribution in [0.3, 0.4) is 0 Å². The van der Waals surface area contributed by atoms with E-state index in [4.69, 9.17) is 15.7 Å². The number of piperidine rings is 1. The molecule has 4 N–H and O–H groups in total. The Morgan fingerprint density at radius 1 is 1.03 bits per heavy atom. The summed E-state index contributed by atoms with van der Waals surface area (Å²) >= 11 is 0.